The molecular weight excluding hydrogens is 412 g/mol. The molecule has 1 N–H and O–H groups in total. The molecule has 4 aromatic rings. The predicted octanol–water partition coefficient (Wildman–Crippen LogP) is 2.65. The fourth-order valence-corrected chi connectivity index (χ4v) is 3.66. The van der Waals surface area contributed by atoms with Crippen molar-refractivity contribution in [3.05, 3.63) is 47.2 Å². The van der Waals surface area contributed by atoms with Gasteiger partial charge in [-0.05, 0) is 44.0 Å². The molecule has 0 aliphatic rings. The second kappa shape index (κ2) is 9.23. The third-order valence-corrected chi connectivity index (χ3v) is 5.41. The van der Waals surface area contributed by atoms with Crippen LogP contribution < -0.4 is 9.47 Å². The number of aryl methyl sites for hydroxylation is 2. The summed E-state index contributed by atoms with van der Waals surface area (Å²) in [6.07, 6.45) is 3.91. The van der Waals surface area contributed by atoms with Gasteiger partial charge in [-0.2, -0.15) is 0 Å². The zero-order chi connectivity index (χ0) is 22.7. The number of aromatic nitrogens is 5. The van der Waals surface area contributed by atoms with E-state index in [1.165, 1.54) is 0 Å². The third-order valence-electron chi connectivity index (χ3n) is 5.41. The molecule has 0 radical (unpaired) electrons. The van der Waals surface area contributed by atoms with Gasteiger partial charge >= 0.3 is 0 Å². The number of rotatable bonds is 9. The second-order valence-corrected chi connectivity index (χ2v) is 7.30. The number of hydrogen-bond acceptors (Lipinski definition) is 8. The summed E-state index contributed by atoms with van der Waals surface area (Å²) in [5.41, 5.74) is 4.58. The highest BCUT2D eigenvalue weighted by Gasteiger charge is 2.17. The van der Waals surface area contributed by atoms with Gasteiger partial charge in [0.05, 0.1) is 25.8 Å². The Morgan fingerprint density at radius 3 is 2.69 bits per heavy atom. The van der Waals surface area contributed by atoms with Gasteiger partial charge in [-0.15, -0.1) is 5.10 Å². The molecule has 0 spiro atoms. The topological polar surface area (TPSA) is 108 Å². The van der Waals surface area contributed by atoms with E-state index in [2.05, 4.69) is 24.8 Å². The number of oxime groups is 1. The first-order chi connectivity index (χ1) is 15.6. The van der Waals surface area contributed by atoms with Crippen LogP contribution in [0.25, 0.3) is 16.7 Å². The van der Waals surface area contributed by atoms with E-state index >= 15 is 0 Å². The van der Waals surface area contributed by atoms with Gasteiger partial charge in [0.1, 0.15) is 12.0 Å². The summed E-state index contributed by atoms with van der Waals surface area (Å²) in [5.74, 6) is 1.77. The van der Waals surface area contributed by atoms with E-state index in [4.69, 9.17) is 14.3 Å². The van der Waals surface area contributed by atoms with Gasteiger partial charge in [0, 0.05) is 24.4 Å². The van der Waals surface area contributed by atoms with Gasteiger partial charge < -0.3 is 24.0 Å². The molecule has 3 heterocycles. The van der Waals surface area contributed by atoms with E-state index in [1.807, 2.05) is 26.0 Å². The van der Waals surface area contributed by atoms with Crippen molar-refractivity contribution in [2.45, 2.75) is 33.4 Å². The Morgan fingerprint density at radius 1 is 1.12 bits per heavy atom. The number of aliphatic hydroxyl groups excluding tert-OH is 1. The zero-order valence-corrected chi connectivity index (χ0v) is 18.6. The van der Waals surface area contributed by atoms with Crippen LogP contribution in [0.1, 0.15) is 29.1 Å². The van der Waals surface area contributed by atoms with Crippen molar-refractivity contribution in [2.75, 3.05) is 20.8 Å². The van der Waals surface area contributed by atoms with Crippen LogP contribution in [0.2, 0.25) is 0 Å². The third kappa shape index (κ3) is 3.96. The van der Waals surface area contributed by atoms with E-state index in [1.54, 1.807) is 37.3 Å². The Labute approximate surface area is 185 Å². The molecule has 1 aromatic carbocycles. The lowest BCUT2D eigenvalue weighted by Crippen LogP contribution is -2.03. The monoisotopic (exact) mass is 438 g/mol. The van der Waals surface area contributed by atoms with Crippen molar-refractivity contribution in [1.82, 2.24) is 24.1 Å². The van der Waals surface area contributed by atoms with Gasteiger partial charge in [0.25, 0.3) is 0 Å². The second-order valence-electron chi connectivity index (χ2n) is 7.30. The maximum atomic E-state index is 9.20. The molecular formula is C22H26N6O4. The molecule has 4 rings (SSSR count). The smallest absolute Gasteiger partial charge is 0.192 e. The van der Waals surface area contributed by atoms with Crippen molar-refractivity contribution in [1.29, 1.82) is 0 Å². The molecule has 0 atom stereocenters. The minimum Gasteiger partial charge on any atom is -0.493 e. The van der Waals surface area contributed by atoms with Crippen molar-refractivity contribution in [3.8, 4) is 11.5 Å². The Hall–Kier alpha value is -3.66. The molecule has 0 bridgehead atoms. The highest BCUT2D eigenvalue weighted by molar-refractivity contribution is 5.93. The molecule has 0 saturated carbocycles. The summed E-state index contributed by atoms with van der Waals surface area (Å²) in [6.45, 7) is 5.05. The van der Waals surface area contributed by atoms with Gasteiger partial charge in [0.15, 0.2) is 29.6 Å². The number of ether oxygens (including phenoxy) is 2. The van der Waals surface area contributed by atoms with Crippen LogP contribution in [0.15, 0.2) is 29.7 Å². The fraction of sp³-hybridized carbons (Fsp3) is 0.364. The van der Waals surface area contributed by atoms with Gasteiger partial charge in [0.2, 0.25) is 0 Å². The predicted molar refractivity (Wildman–Crippen MR) is 119 cm³/mol. The molecule has 0 fully saturated rings. The lowest BCUT2D eigenvalue weighted by Gasteiger charge is -2.07. The molecule has 0 unspecified atom stereocenters. The fourth-order valence-electron chi connectivity index (χ4n) is 3.66. The number of benzene rings is 1. The Bertz CT molecular complexity index is 1280. The molecule has 0 saturated heterocycles. The van der Waals surface area contributed by atoms with Crippen molar-refractivity contribution in [2.24, 2.45) is 5.16 Å². The van der Waals surface area contributed by atoms with E-state index in [9.17, 15) is 5.11 Å². The van der Waals surface area contributed by atoms with Crippen LogP contribution in [-0.2, 0) is 18.0 Å². The zero-order valence-electron chi connectivity index (χ0n) is 18.6. The van der Waals surface area contributed by atoms with Crippen molar-refractivity contribution in [3.63, 3.8) is 0 Å². The molecule has 32 heavy (non-hydrogen) atoms. The van der Waals surface area contributed by atoms with E-state index in [0.717, 1.165) is 33.5 Å². The lowest BCUT2D eigenvalue weighted by molar-refractivity contribution is 0.126. The highest BCUT2D eigenvalue weighted by Crippen LogP contribution is 2.28. The van der Waals surface area contributed by atoms with Gasteiger partial charge in [-0.1, -0.05) is 5.16 Å². The number of nitrogens with zero attached hydrogens (tertiary/aromatic N) is 6. The van der Waals surface area contributed by atoms with E-state index in [-0.39, 0.29) is 13.2 Å². The average Bonchev–Trinajstić information content (AvgIpc) is 3.33. The van der Waals surface area contributed by atoms with Crippen LogP contribution in [0.4, 0.5) is 0 Å². The van der Waals surface area contributed by atoms with E-state index in [0.29, 0.717) is 30.3 Å². The van der Waals surface area contributed by atoms with Gasteiger partial charge in [-0.3, -0.25) is 0 Å². The molecule has 0 aliphatic carbocycles. The van der Waals surface area contributed by atoms with Crippen LogP contribution >= 0.6 is 0 Å². The van der Waals surface area contributed by atoms with Crippen LogP contribution in [0.3, 0.4) is 0 Å². The van der Waals surface area contributed by atoms with E-state index < -0.39 is 0 Å². The molecule has 168 valence electrons. The quantitative estimate of drug-likeness (QED) is 0.316. The van der Waals surface area contributed by atoms with Gasteiger partial charge in [-0.25, -0.2) is 14.5 Å². The first-order valence-electron chi connectivity index (χ1n) is 10.2. The number of methoxy groups -OCH3 is 2. The summed E-state index contributed by atoms with van der Waals surface area (Å²) >= 11 is 0. The molecule has 10 heteroatoms. The molecule has 10 nitrogen and oxygen atoms in total. The maximum absolute atomic E-state index is 9.20. The summed E-state index contributed by atoms with van der Waals surface area (Å²) in [7, 11) is 3.17. The maximum Gasteiger partial charge on any atom is 0.192 e. The van der Waals surface area contributed by atoms with Crippen molar-refractivity contribution < 1.29 is 19.4 Å². The van der Waals surface area contributed by atoms with Crippen LogP contribution in [-0.4, -0.2) is 56.3 Å². The number of fused-ring (bicyclic) bond motifs is 3. The first-order valence-corrected chi connectivity index (χ1v) is 10.2. The average molecular weight is 438 g/mol. The minimum absolute atomic E-state index is 0.121. The molecule has 0 amide bonds. The summed E-state index contributed by atoms with van der Waals surface area (Å²) in [5, 5.41) is 18.6. The Balaban J connectivity index is 1.53. The van der Waals surface area contributed by atoms with Crippen molar-refractivity contribution >= 4 is 22.9 Å². The minimum atomic E-state index is 0.121. The Morgan fingerprint density at radius 2 is 1.94 bits per heavy atom. The summed E-state index contributed by atoms with van der Waals surface area (Å²) in [4.78, 5) is 14.6. The lowest BCUT2D eigenvalue weighted by atomic mass is 10.2. The van der Waals surface area contributed by atoms with Crippen LogP contribution in [0.5, 0.6) is 11.5 Å². The standard InChI is InChI=1S/C22H26N6O4/c1-14-15(2)27(8-5-9-29)21-20(14)22-25-19(26-28(22)13-23-21)12-32-24-11-16-6-7-17(30-3)18(10-16)31-4/h6-7,10-11,13,29H,5,8-9,12H2,1-4H3. The largest absolute Gasteiger partial charge is 0.493 e. The summed E-state index contributed by atoms with van der Waals surface area (Å²) in [6, 6.07) is 5.47. The summed E-state index contributed by atoms with van der Waals surface area (Å²) < 4.78 is 14.3. The highest BCUT2D eigenvalue weighted by atomic mass is 16.6. The SMILES string of the molecule is COc1ccc(C=NOCc2nc3c4c(C)c(C)n(CCCO)c4ncn3n2)cc1OC. The first kappa shape index (κ1) is 21.6. The molecule has 0 aliphatic heterocycles. The number of aliphatic hydroxyl groups is 1. The van der Waals surface area contributed by atoms with Crippen LogP contribution in [0, 0.1) is 13.8 Å². The Kier molecular flexibility index (Phi) is 6.22. The normalized spacial score (nSPS) is 11.7. The molecule has 3 aromatic heterocycles. The number of hydrogen-bond donors (Lipinski definition) is 1.